The number of aliphatic carboxylic acids is 1. The highest BCUT2D eigenvalue weighted by molar-refractivity contribution is 5.80. The predicted molar refractivity (Wildman–Crippen MR) is 56.6 cm³/mol. The van der Waals surface area contributed by atoms with Crippen LogP contribution in [0.25, 0.3) is 0 Å². The van der Waals surface area contributed by atoms with Crippen LogP contribution in [-0.4, -0.2) is 47.7 Å². The van der Waals surface area contributed by atoms with E-state index < -0.39 is 17.9 Å². The molecule has 2 atom stereocenters. The minimum Gasteiger partial charge on any atom is -0.481 e. The molecule has 5 heteroatoms. The van der Waals surface area contributed by atoms with Crippen molar-refractivity contribution >= 4 is 11.9 Å². The number of hydrogen-bond donors (Lipinski definition) is 1. The van der Waals surface area contributed by atoms with E-state index in [1.165, 1.54) is 4.90 Å². The van der Waals surface area contributed by atoms with Crippen molar-refractivity contribution in [2.45, 2.75) is 19.4 Å². The summed E-state index contributed by atoms with van der Waals surface area (Å²) < 4.78 is 5.12. The molecule has 1 rings (SSSR count). The number of carboxylic acids is 1. The molecule has 1 fully saturated rings. The molecule has 0 bridgehead atoms. The van der Waals surface area contributed by atoms with Gasteiger partial charge in [-0.3, -0.25) is 9.59 Å². The van der Waals surface area contributed by atoms with E-state index in [0.717, 1.165) is 0 Å². The Morgan fingerprint density at radius 2 is 2.25 bits per heavy atom. The molecule has 0 aromatic carbocycles. The molecule has 0 saturated carbocycles. The number of carbonyl (C=O) groups excluding carboxylic acids is 1. The number of amides is 1. The summed E-state index contributed by atoms with van der Waals surface area (Å²) in [6.07, 6.45) is 5.07. The quantitative estimate of drug-likeness (QED) is 0.682. The number of ether oxygens (including phenoxy) is 1. The number of hydrogen-bond acceptors (Lipinski definition) is 3. The first-order valence-corrected chi connectivity index (χ1v) is 5.15. The summed E-state index contributed by atoms with van der Waals surface area (Å²) >= 11 is 0. The number of carbonyl (C=O) groups is 2. The zero-order valence-corrected chi connectivity index (χ0v) is 9.18. The van der Waals surface area contributed by atoms with E-state index >= 15 is 0 Å². The molecule has 0 aliphatic carbocycles. The van der Waals surface area contributed by atoms with Crippen LogP contribution in [0.2, 0.25) is 0 Å². The molecule has 1 aliphatic rings. The molecule has 2 unspecified atom stereocenters. The molecule has 1 amide bonds. The molecule has 1 aliphatic heterocycles. The number of terminal acetylenes is 1. The summed E-state index contributed by atoms with van der Waals surface area (Å²) in [6, 6.07) is -0.400. The van der Waals surface area contributed by atoms with Gasteiger partial charge in [-0.25, -0.2) is 0 Å². The number of carboxylic acid groups (broad SMARTS) is 1. The standard InChI is InChI=1S/C11H15NO4/c1-3-5-10(13)12(4-2)9-7-16-6-8(9)11(14)15/h1,8-9H,4-7H2,2H3,(H,14,15). The highest BCUT2D eigenvalue weighted by Crippen LogP contribution is 2.20. The Labute approximate surface area is 94.4 Å². The van der Waals surface area contributed by atoms with Gasteiger partial charge in [0.2, 0.25) is 5.91 Å². The SMILES string of the molecule is C#CCC(=O)N(CC)C1COCC1C(=O)O. The molecule has 0 aromatic rings. The fraction of sp³-hybridized carbons (Fsp3) is 0.636. The van der Waals surface area contributed by atoms with Crippen molar-refractivity contribution in [3.05, 3.63) is 0 Å². The maximum atomic E-state index is 11.7. The molecule has 1 saturated heterocycles. The molecule has 0 radical (unpaired) electrons. The lowest BCUT2D eigenvalue weighted by molar-refractivity contribution is -0.144. The normalized spacial score (nSPS) is 23.8. The average Bonchev–Trinajstić information content (AvgIpc) is 2.68. The number of rotatable bonds is 4. The van der Waals surface area contributed by atoms with Crippen LogP contribution in [0.3, 0.4) is 0 Å². The summed E-state index contributed by atoms with van der Waals surface area (Å²) in [5.74, 6) is 0.467. The van der Waals surface area contributed by atoms with E-state index in [1.54, 1.807) is 6.92 Å². The van der Waals surface area contributed by atoms with Gasteiger partial charge < -0.3 is 14.7 Å². The number of likely N-dealkylation sites (N-methyl/N-ethyl adjacent to an activating group) is 1. The van der Waals surface area contributed by atoms with Crippen molar-refractivity contribution in [2.24, 2.45) is 5.92 Å². The first-order chi connectivity index (χ1) is 7.61. The molecule has 1 heterocycles. The van der Waals surface area contributed by atoms with E-state index in [-0.39, 0.29) is 25.5 Å². The molecule has 5 nitrogen and oxygen atoms in total. The Hall–Kier alpha value is -1.54. The Kier molecular flexibility index (Phi) is 4.32. The lowest BCUT2D eigenvalue weighted by atomic mass is 10.0. The van der Waals surface area contributed by atoms with Crippen LogP contribution in [0.1, 0.15) is 13.3 Å². The zero-order chi connectivity index (χ0) is 12.1. The smallest absolute Gasteiger partial charge is 0.311 e. The topological polar surface area (TPSA) is 66.8 Å². The molecule has 1 N–H and O–H groups in total. The summed E-state index contributed by atoms with van der Waals surface area (Å²) in [6.45, 7) is 2.66. The fourth-order valence-corrected chi connectivity index (χ4v) is 1.87. The Balaban J connectivity index is 2.76. The van der Waals surface area contributed by atoms with Gasteiger partial charge in [0.1, 0.15) is 5.92 Å². The lowest BCUT2D eigenvalue weighted by Gasteiger charge is -2.28. The monoisotopic (exact) mass is 225 g/mol. The third-order valence-electron chi connectivity index (χ3n) is 2.68. The predicted octanol–water partition coefficient (Wildman–Crippen LogP) is -0.0422. The van der Waals surface area contributed by atoms with Gasteiger partial charge >= 0.3 is 5.97 Å². The van der Waals surface area contributed by atoms with Gasteiger partial charge in [-0.1, -0.05) is 5.92 Å². The van der Waals surface area contributed by atoms with E-state index in [2.05, 4.69) is 5.92 Å². The summed E-state index contributed by atoms with van der Waals surface area (Å²) in [4.78, 5) is 24.1. The second-order valence-corrected chi connectivity index (χ2v) is 3.61. The van der Waals surface area contributed by atoms with Gasteiger partial charge in [-0.15, -0.1) is 6.42 Å². The molecule has 0 spiro atoms. The van der Waals surface area contributed by atoms with E-state index in [1.807, 2.05) is 0 Å². The Bertz CT molecular complexity index is 320. The maximum Gasteiger partial charge on any atom is 0.311 e. The van der Waals surface area contributed by atoms with Crippen LogP contribution in [0.5, 0.6) is 0 Å². The van der Waals surface area contributed by atoms with Gasteiger partial charge in [0, 0.05) is 6.54 Å². The second kappa shape index (κ2) is 5.52. The first-order valence-electron chi connectivity index (χ1n) is 5.15. The molecule has 0 aromatic heterocycles. The molecule has 88 valence electrons. The first kappa shape index (κ1) is 12.5. The minimum atomic E-state index is -0.936. The van der Waals surface area contributed by atoms with Crippen molar-refractivity contribution in [3.8, 4) is 12.3 Å². The van der Waals surface area contributed by atoms with Crippen LogP contribution in [0.15, 0.2) is 0 Å². The Morgan fingerprint density at radius 3 is 2.75 bits per heavy atom. The third kappa shape index (κ3) is 2.52. The van der Waals surface area contributed by atoms with Crippen LogP contribution in [0, 0.1) is 18.3 Å². The zero-order valence-electron chi connectivity index (χ0n) is 9.18. The largest absolute Gasteiger partial charge is 0.481 e. The van der Waals surface area contributed by atoms with Crippen LogP contribution < -0.4 is 0 Å². The highest BCUT2D eigenvalue weighted by atomic mass is 16.5. The van der Waals surface area contributed by atoms with E-state index in [9.17, 15) is 9.59 Å². The molecular formula is C11H15NO4. The van der Waals surface area contributed by atoms with Gasteiger partial charge in [0.25, 0.3) is 0 Å². The van der Waals surface area contributed by atoms with Crippen molar-refractivity contribution in [1.82, 2.24) is 4.90 Å². The summed E-state index contributed by atoms with van der Waals surface area (Å²) in [7, 11) is 0. The summed E-state index contributed by atoms with van der Waals surface area (Å²) in [5.41, 5.74) is 0. The molecule has 16 heavy (non-hydrogen) atoms. The van der Waals surface area contributed by atoms with Crippen LogP contribution in [0.4, 0.5) is 0 Å². The van der Waals surface area contributed by atoms with Gasteiger partial charge in [0.15, 0.2) is 0 Å². The van der Waals surface area contributed by atoms with Crippen molar-refractivity contribution < 1.29 is 19.4 Å². The van der Waals surface area contributed by atoms with Crippen molar-refractivity contribution in [1.29, 1.82) is 0 Å². The highest BCUT2D eigenvalue weighted by Gasteiger charge is 2.39. The minimum absolute atomic E-state index is 0.00329. The van der Waals surface area contributed by atoms with Gasteiger partial charge in [-0.05, 0) is 6.92 Å². The van der Waals surface area contributed by atoms with Crippen molar-refractivity contribution in [3.63, 3.8) is 0 Å². The van der Waals surface area contributed by atoms with Crippen LogP contribution >= 0.6 is 0 Å². The fourth-order valence-electron chi connectivity index (χ4n) is 1.87. The van der Waals surface area contributed by atoms with Crippen molar-refractivity contribution in [2.75, 3.05) is 19.8 Å². The third-order valence-corrected chi connectivity index (χ3v) is 2.68. The second-order valence-electron chi connectivity index (χ2n) is 3.61. The maximum absolute atomic E-state index is 11.7. The van der Waals surface area contributed by atoms with E-state index in [0.29, 0.717) is 6.54 Å². The summed E-state index contributed by atoms with van der Waals surface area (Å²) in [5, 5.41) is 8.98. The molecular weight excluding hydrogens is 210 g/mol. The Morgan fingerprint density at radius 1 is 1.56 bits per heavy atom. The van der Waals surface area contributed by atoms with E-state index in [4.69, 9.17) is 16.3 Å². The van der Waals surface area contributed by atoms with Gasteiger partial charge in [0.05, 0.1) is 25.7 Å². The number of nitrogens with zero attached hydrogens (tertiary/aromatic N) is 1. The average molecular weight is 225 g/mol. The van der Waals surface area contributed by atoms with Gasteiger partial charge in [-0.2, -0.15) is 0 Å². The lowest BCUT2D eigenvalue weighted by Crippen LogP contribution is -2.46. The van der Waals surface area contributed by atoms with Crippen LogP contribution in [-0.2, 0) is 14.3 Å².